The summed E-state index contributed by atoms with van der Waals surface area (Å²) in [6.07, 6.45) is 3.18. The Morgan fingerprint density at radius 2 is 1.94 bits per heavy atom. The van der Waals surface area contributed by atoms with Crippen LogP contribution in [0.2, 0.25) is 0 Å². The van der Waals surface area contributed by atoms with Crippen LogP contribution in [0, 0.1) is 10.7 Å². The van der Waals surface area contributed by atoms with Crippen molar-refractivity contribution in [1.82, 2.24) is 24.5 Å². The lowest BCUT2D eigenvalue weighted by Gasteiger charge is -2.05. The molecule has 0 amide bonds. The van der Waals surface area contributed by atoms with Crippen molar-refractivity contribution >= 4 is 23.1 Å². The topological polar surface area (TPSA) is 64.6 Å². The Morgan fingerprint density at radius 3 is 2.68 bits per heavy atom. The molecule has 0 saturated heterocycles. The van der Waals surface area contributed by atoms with Crippen LogP contribution in [0.15, 0.2) is 65.2 Å². The number of aromatic amines is 1. The minimum atomic E-state index is -0.271. The Morgan fingerprint density at radius 1 is 1.13 bits per heavy atom. The van der Waals surface area contributed by atoms with Gasteiger partial charge in [-0.2, -0.15) is 5.10 Å². The average molecular weight is 434 g/mol. The molecule has 0 atom stereocenters. The lowest BCUT2D eigenvalue weighted by molar-refractivity contribution is 0.541. The number of nitrogens with zero attached hydrogens (tertiary/aromatic N) is 4. The van der Waals surface area contributed by atoms with Crippen LogP contribution in [0.25, 0.3) is 33.7 Å². The van der Waals surface area contributed by atoms with Gasteiger partial charge in [-0.15, -0.1) is 5.10 Å². The summed E-state index contributed by atoms with van der Waals surface area (Å²) in [5.41, 5.74) is 4.63. The third kappa shape index (κ3) is 3.70. The number of rotatable bonds is 6. The lowest BCUT2D eigenvalue weighted by Crippen LogP contribution is -2.04. The van der Waals surface area contributed by atoms with E-state index in [9.17, 15) is 4.39 Å². The number of para-hydroxylation sites is 1. The fourth-order valence-electron chi connectivity index (χ4n) is 3.82. The molecule has 1 N–H and O–H groups in total. The van der Waals surface area contributed by atoms with Gasteiger partial charge in [0.05, 0.1) is 12.2 Å². The van der Waals surface area contributed by atoms with E-state index in [1.54, 1.807) is 12.1 Å². The van der Waals surface area contributed by atoms with E-state index in [1.165, 1.54) is 17.6 Å². The summed E-state index contributed by atoms with van der Waals surface area (Å²) in [6, 6.07) is 16.6. The molecule has 156 valence electrons. The Kier molecular flexibility index (Phi) is 4.99. The molecule has 3 aromatic heterocycles. The third-order valence-electron chi connectivity index (χ3n) is 5.21. The molecule has 6 nitrogen and oxygen atoms in total. The Balaban J connectivity index is 1.65. The van der Waals surface area contributed by atoms with Crippen molar-refractivity contribution in [1.29, 1.82) is 0 Å². The minimum absolute atomic E-state index is 0.200. The molecule has 0 aliphatic rings. The zero-order valence-electron chi connectivity index (χ0n) is 16.9. The molecule has 0 spiro atoms. The Bertz CT molecular complexity index is 1410. The van der Waals surface area contributed by atoms with Gasteiger partial charge >= 0.3 is 0 Å². The highest BCUT2D eigenvalue weighted by Gasteiger charge is 2.19. The molecule has 8 heteroatoms. The van der Waals surface area contributed by atoms with Gasteiger partial charge in [-0.3, -0.25) is 4.68 Å². The number of nitrogens with one attached hydrogen (secondary N) is 1. The van der Waals surface area contributed by atoms with Crippen LogP contribution in [-0.4, -0.2) is 24.5 Å². The maximum atomic E-state index is 13.3. The fraction of sp³-hybridized carbons (Fsp3) is 0.174. The van der Waals surface area contributed by atoms with Crippen LogP contribution in [-0.2, 0) is 13.1 Å². The number of H-pyrrole nitrogens is 1. The molecule has 31 heavy (non-hydrogen) atoms. The van der Waals surface area contributed by atoms with Gasteiger partial charge in [-0.25, -0.2) is 9.49 Å². The molecule has 0 bridgehead atoms. The van der Waals surface area contributed by atoms with Gasteiger partial charge in [0, 0.05) is 29.2 Å². The first-order chi connectivity index (χ1) is 15.1. The fourth-order valence-corrected chi connectivity index (χ4v) is 3.94. The Hall–Kier alpha value is -3.52. The van der Waals surface area contributed by atoms with E-state index >= 15 is 0 Å². The van der Waals surface area contributed by atoms with E-state index < -0.39 is 0 Å². The first-order valence-corrected chi connectivity index (χ1v) is 10.5. The first kappa shape index (κ1) is 19.4. The van der Waals surface area contributed by atoms with Gasteiger partial charge in [0.2, 0.25) is 0 Å². The molecule has 5 aromatic rings. The van der Waals surface area contributed by atoms with Crippen LogP contribution in [0.4, 0.5) is 4.39 Å². The molecule has 0 saturated carbocycles. The largest absolute Gasteiger partial charge is 0.408 e. The first-order valence-electron chi connectivity index (χ1n) is 10.1. The normalized spacial score (nSPS) is 11.4. The summed E-state index contributed by atoms with van der Waals surface area (Å²) in [6.45, 7) is 3.53. The average Bonchev–Trinajstić information content (AvgIpc) is 3.47. The summed E-state index contributed by atoms with van der Waals surface area (Å²) < 4.78 is 23.0. The van der Waals surface area contributed by atoms with Crippen molar-refractivity contribution in [2.45, 2.75) is 26.4 Å². The van der Waals surface area contributed by atoms with E-state index in [2.05, 4.69) is 40.0 Å². The molecule has 0 aliphatic carbocycles. The maximum absolute atomic E-state index is 13.3. The molecule has 5 rings (SSSR count). The maximum Gasteiger partial charge on any atom is 0.284 e. The highest BCUT2D eigenvalue weighted by atomic mass is 32.1. The molecule has 0 fully saturated rings. The highest BCUT2D eigenvalue weighted by Crippen LogP contribution is 2.33. The molecule has 0 unspecified atom stereocenters. The molecule has 0 radical (unpaired) electrons. The number of aryl methyl sites for hydroxylation is 1. The van der Waals surface area contributed by atoms with Crippen molar-refractivity contribution < 1.29 is 8.81 Å². The number of benzene rings is 2. The quantitative estimate of drug-likeness (QED) is 0.343. The zero-order chi connectivity index (χ0) is 21.4. The van der Waals surface area contributed by atoms with Crippen LogP contribution in [0.3, 0.4) is 0 Å². The molecule has 0 aliphatic heterocycles. The van der Waals surface area contributed by atoms with Crippen LogP contribution in [0.5, 0.6) is 0 Å². The van der Waals surface area contributed by atoms with E-state index in [4.69, 9.17) is 21.7 Å². The second kappa shape index (κ2) is 7.96. The van der Waals surface area contributed by atoms with Gasteiger partial charge in [0.15, 0.2) is 0 Å². The summed E-state index contributed by atoms with van der Waals surface area (Å²) >= 11 is 5.06. The van der Waals surface area contributed by atoms with E-state index in [0.717, 1.165) is 35.2 Å². The summed E-state index contributed by atoms with van der Waals surface area (Å²) in [5, 5.41) is 12.9. The standard InChI is InChI=1S/C23H20FN5OS/c1-2-11-28-14-18(17-5-3-4-6-20(17)28)19-12-21(22-25-26-23(31)30-22)29(27-19)13-15-7-9-16(24)10-8-15/h3-10,12,14H,2,11,13H2,1H3,(H,26,31). The highest BCUT2D eigenvalue weighted by molar-refractivity contribution is 7.71. The lowest BCUT2D eigenvalue weighted by atomic mass is 10.1. The van der Waals surface area contributed by atoms with Crippen LogP contribution < -0.4 is 0 Å². The van der Waals surface area contributed by atoms with Gasteiger partial charge in [0.25, 0.3) is 10.7 Å². The predicted molar refractivity (Wildman–Crippen MR) is 120 cm³/mol. The van der Waals surface area contributed by atoms with Gasteiger partial charge < -0.3 is 8.98 Å². The van der Waals surface area contributed by atoms with Crippen molar-refractivity contribution in [2.75, 3.05) is 0 Å². The smallest absolute Gasteiger partial charge is 0.284 e. The third-order valence-corrected chi connectivity index (χ3v) is 5.39. The second-order valence-corrected chi connectivity index (χ2v) is 7.74. The minimum Gasteiger partial charge on any atom is -0.408 e. The van der Waals surface area contributed by atoms with Crippen molar-refractivity contribution in [3.05, 3.63) is 77.0 Å². The number of hydrogen-bond donors (Lipinski definition) is 1. The van der Waals surface area contributed by atoms with Gasteiger partial charge in [0.1, 0.15) is 11.5 Å². The number of aromatic nitrogens is 5. The summed E-state index contributed by atoms with van der Waals surface area (Å²) in [7, 11) is 0. The molecular weight excluding hydrogens is 413 g/mol. The van der Waals surface area contributed by atoms with E-state index in [-0.39, 0.29) is 10.7 Å². The SMILES string of the molecule is CCCn1cc(-c2cc(-c3n[nH]c(=S)o3)n(Cc3ccc(F)cc3)n2)c2ccccc21. The summed E-state index contributed by atoms with van der Waals surface area (Å²) in [5.74, 6) is 0.0927. The van der Waals surface area contributed by atoms with Crippen molar-refractivity contribution in [3.63, 3.8) is 0 Å². The molecule has 2 aromatic carbocycles. The van der Waals surface area contributed by atoms with Gasteiger partial charge in [-0.05, 0) is 48.5 Å². The summed E-state index contributed by atoms with van der Waals surface area (Å²) in [4.78, 5) is 0.200. The van der Waals surface area contributed by atoms with Crippen molar-refractivity contribution in [3.8, 4) is 22.8 Å². The Labute approximate surface area is 182 Å². The molecule has 3 heterocycles. The van der Waals surface area contributed by atoms with E-state index in [0.29, 0.717) is 18.1 Å². The second-order valence-electron chi connectivity index (χ2n) is 7.37. The van der Waals surface area contributed by atoms with Crippen molar-refractivity contribution in [2.24, 2.45) is 0 Å². The van der Waals surface area contributed by atoms with Crippen LogP contribution >= 0.6 is 12.2 Å². The zero-order valence-corrected chi connectivity index (χ0v) is 17.7. The number of fused-ring (bicyclic) bond motifs is 1. The monoisotopic (exact) mass is 433 g/mol. The van der Waals surface area contributed by atoms with Crippen LogP contribution in [0.1, 0.15) is 18.9 Å². The van der Waals surface area contributed by atoms with Gasteiger partial charge in [-0.1, -0.05) is 37.3 Å². The molecular formula is C23H20FN5OS. The predicted octanol–water partition coefficient (Wildman–Crippen LogP) is 5.81. The van der Waals surface area contributed by atoms with E-state index in [1.807, 2.05) is 22.9 Å². The number of hydrogen-bond acceptors (Lipinski definition) is 4. The number of halogens is 1.